The Morgan fingerprint density at radius 1 is 1.60 bits per heavy atom. The third-order valence-electron chi connectivity index (χ3n) is 2.02. The lowest BCUT2D eigenvalue weighted by Gasteiger charge is -2.15. The molecule has 0 aromatic heterocycles. The van der Waals surface area contributed by atoms with Gasteiger partial charge in [0.25, 0.3) is 0 Å². The Morgan fingerprint density at radius 3 is 2.80 bits per heavy atom. The van der Waals surface area contributed by atoms with Crippen molar-refractivity contribution in [3.05, 3.63) is 34.3 Å². The molecule has 5 heteroatoms. The van der Waals surface area contributed by atoms with E-state index in [1.165, 1.54) is 4.90 Å². The van der Waals surface area contributed by atoms with Crippen LogP contribution in [0.25, 0.3) is 5.53 Å². The zero-order valence-corrected chi connectivity index (χ0v) is 9.19. The third-order valence-corrected chi connectivity index (χ3v) is 2.25. The fourth-order valence-electron chi connectivity index (χ4n) is 1.25. The van der Waals surface area contributed by atoms with Gasteiger partial charge in [0.1, 0.15) is 0 Å². The quantitative estimate of drug-likeness (QED) is 0.429. The summed E-state index contributed by atoms with van der Waals surface area (Å²) in [5.41, 5.74) is 9.85. The van der Waals surface area contributed by atoms with Gasteiger partial charge in [-0.25, -0.2) is 0 Å². The molecular weight excluding hydrogens is 214 g/mol. The van der Waals surface area contributed by atoms with Crippen LogP contribution in [0.1, 0.15) is 5.56 Å². The topological polar surface area (TPSA) is 56.7 Å². The number of hydrogen-bond donors (Lipinski definition) is 0. The monoisotopic (exact) mass is 223 g/mol. The van der Waals surface area contributed by atoms with Gasteiger partial charge in [0, 0.05) is 17.8 Å². The van der Waals surface area contributed by atoms with E-state index in [1.807, 2.05) is 6.92 Å². The number of halogens is 1. The largest absolute Gasteiger partial charge is 0.361 e. The summed E-state index contributed by atoms with van der Waals surface area (Å²) in [6.45, 7) is 1.85. The predicted octanol–water partition coefficient (Wildman–Crippen LogP) is 1.91. The number of anilines is 1. The van der Waals surface area contributed by atoms with Crippen LogP contribution in [0.4, 0.5) is 5.69 Å². The summed E-state index contributed by atoms with van der Waals surface area (Å²) in [5, 5.41) is 0.618. The van der Waals surface area contributed by atoms with Crippen molar-refractivity contribution in [2.24, 2.45) is 0 Å². The molecule has 15 heavy (non-hydrogen) atoms. The minimum atomic E-state index is -0.400. The van der Waals surface area contributed by atoms with Gasteiger partial charge in [0.2, 0.25) is 0 Å². The Balaban J connectivity index is 3.06. The molecule has 0 aliphatic carbocycles. The smallest absolute Gasteiger partial charge is 0.345 e. The summed E-state index contributed by atoms with van der Waals surface area (Å²) in [7, 11) is 1.60. The summed E-state index contributed by atoms with van der Waals surface area (Å²) in [6.07, 6.45) is 0.841. The van der Waals surface area contributed by atoms with E-state index in [9.17, 15) is 4.79 Å². The van der Waals surface area contributed by atoms with Crippen molar-refractivity contribution in [2.45, 2.75) is 6.92 Å². The Kier molecular flexibility index (Phi) is 3.61. The highest BCUT2D eigenvalue weighted by atomic mass is 35.5. The number of rotatable bonds is 2. The molecule has 0 aliphatic heterocycles. The first kappa shape index (κ1) is 11.4. The fourth-order valence-corrected chi connectivity index (χ4v) is 1.48. The van der Waals surface area contributed by atoms with Crippen molar-refractivity contribution in [1.82, 2.24) is 0 Å². The van der Waals surface area contributed by atoms with Crippen LogP contribution in [0.15, 0.2) is 18.2 Å². The normalized spacial score (nSPS) is 9.27. The Hall–Kier alpha value is -1.64. The van der Waals surface area contributed by atoms with Crippen molar-refractivity contribution in [3.63, 3.8) is 0 Å². The average Bonchev–Trinajstić information content (AvgIpc) is 2.17. The lowest BCUT2D eigenvalue weighted by atomic mass is 10.2. The van der Waals surface area contributed by atoms with Gasteiger partial charge in [-0.05, 0) is 30.7 Å². The fraction of sp³-hybridized carbons (Fsp3) is 0.200. The van der Waals surface area contributed by atoms with Crippen LogP contribution in [0.5, 0.6) is 0 Å². The molecule has 0 unspecified atom stereocenters. The molecule has 1 aromatic rings. The molecule has 0 fully saturated rings. The molecule has 0 aliphatic rings. The van der Waals surface area contributed by atoms with Gasteiger partial charge in [0.05, 0.1) is 0 Å². The van der Waals surface area contributed by atoms with E-state index in [2.05, 4.69) is 4.79 Å². The van der Waals surface area contributed by atoms with Gasteiger partial charge in [-0.3, -0.25) is 4.79 Å². The van der Waals surface area contributed by atoms with Gasteiger partial charge >= 0.3 is 12.1 Å². The zero-order chi connectivity index (χ0) is 11.4. The van der Waals surface area contributed by atoms with Crippen molar-refractivity contribution >= 4 is 29.4 Å². The number of nitrogens with zero attached hydrogens (tertiary/aromatic N) is 3. The zero-order valence-electron chi connectivity index (χ0n) is 8.44. The highest BCUT2D eigenvalue weighted by Gasteiger charge is 2.13. The number of carbonyl (C=O) groups excluding carboxylic acids is 1. The molecule has 0 saturated heterocycles. The predicted molar refractivity (Wildman–Crippen MR) is 59.3 cm³/mol. The van der Waals surface area contributed by atoms with Gasteiger partial charge in [-0.1, -0.05) is 11.6 Å². The van der Waals surface area contributed by atoms with E-state index >= 15 is 0 Å². The highest BCUT2D eigenvalue weighted by molar-refractivity contribution is 6.31. The van der Waals surface area contributed by atoms with Crippen LogP contribution in [0.3, 0.4) is 0 Å². The van der Waals surface area contributed by atoms with E-state index in [4.69, 9.17) is 17.1 Å². The first-order valence-electron chi connectivity index (χ1n) is 4.27. The van der Waals surface area contributed by atoms with Crippen molar-refractivity contribution < 1.29 is 9.58 Å². The minimum Gasteiger partial charge on any atom is -0.361 e. The number of benzene rings is 1. The van der Waals surface area contributed by atoms with Crippen molar-refractivity contribution in [3.8, 4) is 0 Å². The molecule has 4 nitrogen and oxygen atoms in total. The third kappa shape index (κ3) is 2.65. The highest BCUT2D eigenvalue weighted by Crippen LogP contribution is 2.22. The molecule has 0 bridgehead atoms. The maximum absolute atomic E-state index is 11.4. The summed E-state index contributed by atoms with van der Waals surface area (Å²) >= 11 is 5.79. The first-order valence-corrected chi connectivity index (χ1v) is 4.65. The number of aryl methyl sites for hydroxylation is 1. The summed E-state index contributed by atoms with van der Waals surface area (Å²) in [6, 6.07) is 5.20. The molecule has 1 aromatic carbocycles. The molecule has 78 valence electrons. The maximum atomic E-state index is 11.4. The van der Waals surface area contributed by atoms with E-state index in [-0.39, 0.29) is 0 Å². The second kappa shape index (κ2) is 4.73. The first-order chi connectivity index (χ1) is 7.06. The SMILES string of the molecule is Cc1cc(Cl)ccc1N(C)C(=O)C=[N+]=[N-]. The molecule has 1 rings (SSSR count). The molecule has 0 heterocycles. The van der Waals surface area contributed by atoms with Crippen LogP contribution in [0.2, 0.25) is 5.02 Å². The number of amides is 1. The minimum absolute atomic E-state index is 0.400. The van der Waals surface area contributed by atoms with Crippen LogP contribution >= 0.6 is 11.6 Å². The molecule has 0 N–H and O–H groups in total. The van der Waals surface area contributed by atoms with E-state index in [0.29, 0.717) is 5.02 Å². The molecule has 0 saturated carbocycles. The van der Waals surface area contributed by atoms with Crippen LogP contribution in [-0.4, -0.2) is 24.0 Å². The average molecular weight is 224 g/mol. The number of carbonyl (C=O) groups is 1. The molecule has 0 spiro atoms. The lowest BCUT2D eigenvalue weighted by molar-refractivity contribution is -0.115. The van der Waals surface area contributed by atoms with Crippen LogP contribution < -0.4 is 4.90 Å². The van der Waals surface area contributed by atoms with E-state index in [1.54, 1.807) is 25.2 Å². The van der Waals surface area contributed by atoms with E-state index in [0.717, 1.165) is 17.5 Å². The number of hydrogen-bond acceptors (Lipinski definition) is 1. The standard InChI is InChI=1S/C10H10ClN3O/c1-7-5-8(11)3-4-9(7)14(2)10(15)6-13-12/h3-6H,1-2H3. The summed E-state index contributed by atoms with van der Waals surface area (Å²) < 4.78 is 0. The van der Waals surface area contributed by atoms with Crippen molar-refractivity contribution in [1.29, 1.82) is 0 Å². The molecule has 0 radical (unpaired) electrons. The molecule has 1 amide bonds. The molecular formula is C10H10ClN3O. The van der Waals surface area contributed by atoms with Crippen LogP contribution in [0, 0.1) is 6.92 Å². The van der Waals surface area contributed by atoms with Gasteiger partial charge in [-0.2, -0.15) is 4.79 Å². The maximum Gasteiger partial charge on any atom is 0.345 e. The second-order valence-corrected chi connectivity index (χ2v) is 3.51. The van der Waals surface area contributed by atoms with Gasteiger partial charge in [-0.15, -0.1) is 0 Å². The van der Waals surface area contributed by atoms with Gasteiger partial charge < -0.3 is 10.4 Å². The lowest BCUT2D eigenvalue weighted by Crippen LogP contribution is -2.27. The van der Waals surface area contributed by atoms with Crippen LogP contribution in [-0.2, 0) is 4.79 Å². The molecule has 0 atom stereocenters. The van der Waals surface area contributed by atoms with Crippen molar-refractivity contribution in [2.75, 3.05) is 11.9 Å². The Labute approximate surface area is 92.7 Å². The summed E-state index contributed by atoms with van der Waals surface area (Å²) in [4.78, 5) is 15.4. The summed E-state index contributed by atoms with van der Waals surface area (Å²) in [5.74, 6) is -0.400. The van der Waals surface area contributed by atoms with Gasteiger partial charge in [0.15, 0.2) is 0 Å². The Morgan fingerprint density at radius 2 is 2.27 bits per heavy atom. The van der Waals surface area contributed by atoms with E-state index < -0.39 is 5.91 Å². The second-order valence-electron chi connectivity index (χ2n) is 3.07. The Bertz CT molecular complexity index is 438.